The van der Waals surface area contributed by atoms with Gasteiger partial charge < -0.3 is 10.2 Å². The Labute approximate surface area is 458 Å². The molecule has 73 heavy (non-hydrogen) atoms. The van der Waals surface area contributed by atoms with Crippen molar-refractivity contribution in [3.8, 4) is 0 Å². The molecule has 2 N–H and O–H groups in total. The molecule has 0 atom stereocenters. The van der Waals surface area contributed by atoms with Gasteiger partial charge >= 0.3 is 11.9 Å². The van der Waals surface area contributed by atoms with E-state index in [1.807, 2.05) is 0 Å². The molecule has 0 aromatic carbocycles. The maximum atomic E-state index is 10.5. The van der Waals surface area contributed by atoms with Crippen molar-refractivity contribution < 1.29 is 19.8 Å². The summed E-state index contributed by atoms with van der Waals surface area (Å²) in [5, 5.41) is 17.2. The Kier molecular flexibility index (Phi) is 65.1. The largest absolute Gasteiger partial charge is 0.478 e. The number of carboxylic acids is 2. The highest BCUT2D eigenvalue weighted by atomic mass is 16.4. The average Bonchev–Trinajstić information content (AvgIpc) is 3.38. The molecule has 0 rings (SSSR count). The number of allylic oxidation sites excluding steroid dienone is 2. The Morgan fingerprint density at radius 3 is 0.329 bits per heavy atom. The highest BCUT2D eigenvalue weighted by Gasteiger charge is 2.01. The van der Waals surface area contributed by atoms with Gasteiger partial charge in [-0.05, 0) is 25.7 Å². The molecule has 0 aliphatic carbocycles. The summed E-state index contributed by atoms with van der Waals surface area (Å²) in [6.07, 6.45) is 95.4. The first-order chi connectivity index (χ1) is 36.1. The van der Waals surface area contributed by atoms with Crippen LogP contribution in [-0.2, 0) is 9.59 Å². The van der Waals surface area contributed by atoms with Gasteiger partial charge in [0.05, 0.1) is 0 Å². The molecule has 0 fully saturated rings. The van der Waals surface area contributed by atoms with Gasteiger partial charge in [0, 0.05) is 12.2 Å². The van der Waals surface area contributed by atoms with Crippen molar-refractivity contribution in [2.24, 2.45) is 0 Å². The van der Waals surface area contributed by atoms with E-state index in [2.05, 4.69) is 0 Å². The van der Waals surface area contributed by atoms with Gasteiger partial charge in [-0.25, -0.2) is 9.59 Å². The third-order valence-corrected chi connectivity index (χ3v) is 16.3. The van der Waals surface area contributed by atoms with Gasteiger partial charge in [0.2, 0.25) is 0 Å². The average molecular weight is 1030 g/mol. The number of rotatable bonds is 66. The summed E-state index contributed by atoms with van der Waals surface area (Å²) in [6.45, 7) is 0. The van der Waals surface area contributed by atoms with Crippen molar-refractivity contribution in [1.82, 2.24) is 0 Å². The fourth-order valence-corrected chi connectivity index (χ4v) is 11.3. The van der Waals surface area contributed by atoms with E-state index in [-0.39, 0.29) is 0 Å². The van der Waals surface area contributed by atoms with Gasteiger partial charge in [0.25, 0.3) is 0 Å². The third-order valence-electron chi connectivity index (χ3n) is 16.3. The van der Waals surface area contributed by atoms with Crippen molar-refractivity contribution in [3.05, 3.63) is 24.3 Å². The van der Waals surface area contributed by atoms with Crippen molar-refractivity contribution in [2.75, 3.05) is 0 Å². The van der Waals surface area contributed by atoms with E-state index < -0.39 is 11.9 Å². The molecule has 0 unspecified atom stereocenters. The Morgan fingerprint density at radius 1 is 0.164 bits per heavy atom. The molecule has 0 aromatic heterocycles. The van der Waals surface area contributed by atoms with Crippen LogP contribution in [0.4, 0.5) is 0 Å². The van der Waals surface area contributed by atoms with Gasteiger partial charge in [-0.1, -0.05) is 391 Å². The maximum absolute atomic E-state index is 10.5. The summed E-state index contributed by atoms with van der Waals surface area (Å²) >= 11 is 0. The van der Waals surface area contributed by atoms with Crippen molar-refractivity contribution in [2.45, 2.75) is 405 Å². The van der Waals surface area contributed by atoms with Gasteiger partial charge in [-0.2, -0.15) is 0 Å². The number of carbonyl (C=O) groups is 2. The number of carboxylic acid groups (broad SMARTS) is 2. The molecule has 0 aromatic rings. The van der Waals surface area contributed by atoms with Gasteiger partial charge in [0.1, 0.15) is 0 Å². The Bertz CT molecular complexity index is 1010. The van der Waals surface area contributed by atoms with Crippen LogP contribution in [0.15, 0.2) is 24.3 Å². The van der Waals surface area contributed by atoms with Crippen LogP contribution in [-0.4, -0.2) is 22.2 Å². The zero-order valence-electron chi connectivity index (χ0n) is 49.6. The minimum Gasteiger partial charge on any atom is -0.478 e. The van der Waals surface area contributed by atoms with Gasteiger partial charge in [-0.3, -0.25) is 0 Å². The second kappa shape index (κ2) is 66.5. The van der Waals surface area contributed by atoms with E-state index in [1.165, 1.54) is 391 Å². The van der Waals surface area contributed by atoms with E-state index >= 15 is 0 Å². The minimum absolute atomic E-state index is 0.828. The molecule has 0 aliphatic rings. The van der Waals surface area contributed by atoms with Crippen LogP contribution in [0.5, 0.6) is 0 Å². The minimum atomic E-state index is -0.828. The second-order valence-electron chi connectivity index (χ2n) is 23.6. The van der Waals surface area contributed by atoms with Crippen molar-refractivity contribution >= 4 is 11.9 Å². The summed E-state index contributed by atoms with van der Waals surface area (Å²) in [4.78, 5) is 20.9. The molecule has 432 valence electrons. The molecule has 4 heteroatoms. The van der Waals surface area contributed by atoms with Crippen LogP contribution < -0.4 is 0 Å². The summed E-state index contributed by atoms with van der Waals surface area (Å²) in [6, 6.07) is 0. The normalized spacial score (nSPS) is 11.8. The van der Waals surface area contributed by atoms with Crippen LogP contribution >= 0.6 is 0 Å². The first-order valence-electron chi connectivity index (χ1n) is 33.9. The van der Waals surface area contributed by atoms with E-state index in [0.717, 1.165) is 25.7 Å². The molecular weight excluding hydrogens is 893 g/mol. The topological polar surface area (TPSA) is 74.6 Å². The molecule has 0 spiro atoms. The zero-order chi connectivity index (χ0) is 52.5. The lowest BCUT2D eigenvalue weighted by Crippen LogP contribution is -1.86. The monoisotopic (exact) mass is 1030 g/mol. The number of hydrogen-bond donors (Lipinski definition) is 2. The summed E-state index contributed by atoms with van der Waals surface area (Å²) < 4.78 is 0. The number of hydrogen-bond acceptors (Lipinski definition) is 2. The highest BCUT2D eigenvalue weighted by molar-refractivity contribution is 5.79. The number of unbranched alkanes of at least 4 members (excludes halogenated alkanes) is 62. The molecule has 0 saturated heterocycles. The molecule has 0 bridgehead atoms. The van der Waals surface area contributed by atoms with Gasteiger partial charge in [0.15, 0.2) is 0 Å². The molecule has 0 amide bonds. The molecule has 4 nitrogen and oxygen atoms in total. The maximum Gasteiger partial charge on any atom is 0.327 e. The first kappa shape index (κ1) is 71.4. The van der Waals surface area contributed by atoms with Crippen LogP contribution in [0.2, 0.25) is 0 Å². The summed E-state index contributed by atoms with van der Waals surface area (Å²) in [7, 11) is 0. The smallest absolute Gasteiger partial charge is 0.327 e. The van der Waals surface area contributed by atoms with Crippen molar-refractivity contribution in [1.29, 1.82) is 0 Å². The fraction of sp³-hybridized carbons (Fsp3) is 0.913. The van der Waals surface area contributed by atoms with Crippen LogP contribution in [0.1, 0.15) is 405 Å². The third kappa shape index (κ3) is 70.4. The lowest BCUT2D eigenvalue weighted by Gasteiger charge is -2.05. The molecule has 0 radical (unpaired) electrons. The predicted molar refractivity (Wildman–Crippen MR) is 324 cm³/mol. The van der Waals surface area contributed by atoms with Crippen molar-refractivity contribution in [3.63, 3.8) is 0 Å². The van der Waals surface area contributed by atoms with E-state index in [4.69, 9.17) is 10.2 Å². The van der Waals surface area contributed by atoms with Crippen LogP contribution in [0.25, 0.3) is 0 Å². The quantitative estimate of drug-likeness (QED) is 0.0470. The van der Waals surface area contributed by atoms with E-state index in [1.54, 1.807) is 12.2 Å². The van der Waals surface area contributed by atoms with Crippen LogP contribution in [0, 0.1) is 0 Å². The number of aliphatic carboxylic acids is 2. The SMILES string of the molecule is O=C(O)C=CCCCCCCCCCCCCCCCCCCCCCCCCCCCCCCCCCCCCCCCCCCCCCCCCCCCCCCCCCCCCCCCC=CC(=O)O. The summed E-state index contributed by atoms with van der Waals surface area (Å²) in [5.41, 5.74) is 0. The predicted octanol–water partition coefficient (Wildman–Crippen LogP) is 24.8. The molecular formula is C69H132O4. The lowest BCUT2D eigenvalue weighted by molar-refractivity contribution is -0.132. The van der Waals surface area contributed by atoms with E-state index in [0.29, 0.717) is 0 Å². The Hall–Kier alpha value is -1.58. The molecule has 0 aliphatic heterocycles. The summed E-state index contributed by atoms with van der Waals surface area (Å²) in [5.74, 6) is -1.66. The zero-order valence-corrected chi connectivity index (χ0v) is 49.6. The van der Waals surface area contributed by atoms with Crippen LogP contribution in [0.3, 0.4) is 0 Å². The second-order valence-corrected chi connectivity index (χ2v) is 23.6. The molecule has 0 heterocycles. The first-order valence-corrected chi connectivity index (χ1v) is 33.9. The molecule has 0 saturated carbocycles. The fourth-order valence-electron chi connectivity index (χ4n) is 11.3. The Balaban J connectivity index is 3.09. The van der Waals surface area contributed by atoms with Gasteiger partial charge in [-0.15, -0.1) is 0 Å². The van der Waals surface area contributed by atoms with E-state index in [9.17, 15) is 9.59 Å². The lowest BCUT2D eigenvalue weighted by atomic mass is 10.0. The highest BCUT2D eigenvalue weighted by Crippen LogP contribution is 2.20. The standard InChI is InChI=1S/C69H132O4/c70-68(71)66-64-62-60-58-56-54-52-50-48-46-44-42-40-38-36-34-32-30-28-26-24-22-20-18-16-14-12-10-8-6-4-2-1-3-5-7-9-11-13-15-17-19-21-23-25-27-29-31-33-35-37-39-41-43-45-47-49-51-53-55-57-59-61-63-65-67-69(72)73/h64-67H,1-63H2,(H,70,71)(H,72,73). The Morgan fingerprint density at radius 2 is 0.247 bits per heavy atom.